The van der Waals surface area contributed by atoms with Gasteiger partial charge in [-0.25, -0.2) is 0 Å². The molecule has 3 nitrogen and oxygen atoms in total. The van der Waals surface area contributed by atoms with Crippen molar-refractivity contribution in [2.24, 2.45) is 11.5 Å². The van der Waals surface area contributed by atoms with Crippen LogP contribution in [0.1, 0.15) is 0 Å². The molecule has 0 aromatic rings. The Morgan fingerprint density at radius 1 is 1.40 bits per heavy atom. The maximum Gasteiger partial charge on any atom is 0.183 e. The molecule has 0 unspecified atom stereocenters. The van der Waals surface area contributed by atoms with Crippen molar-refractivity contribution in [1.82, 2.24) is 0 Å². The van der Waals surface area contributed by atoms with Crippen LogP contribution in [-0.2, 0) is 0 Å². The first-order valence-corrected chi connectivity index (χ1v) is 0.827. The van der Waals surface area contributed by atoms with Crippen LogP contribution in [0, 0.1) is 5.41 Å². The molecule has 0 heterocycles. The van der Waals surface area contributed by atoms with Gasteiger partial charge in [-0.3, -0.25) is 5.41 Å². The SMILES string of the molecule is N=C(N)N.[Sn]. The van der Waals surface area contributed by atoms with Crippen molar-refractivity contribution >= 4 is 29.9 Å². The largest absolute Gasteiger partial charge is 0.370 e. The molecule has 28 valence electrons. The summed E-state index contributed by atoms with van der Waals surface area (Å²) in [5.41, 5.74) is 8.94. The van der Waals surface area contributed by atoms with E-state index in [4.69, 9.17) is 5.41 Å². The summed E-state index contributed by atoms with van der Waals surface area (Å²) in [5.74, 6) is -0.333. The fourth-order valence-corrected chi connectivity index (χ4v) is 0. The van der Waals surface area contributed by atoms with E-state index in [1.165, 1.54) is 0 Å². The zero-order valence-electron chi connectivity index (χ0n) is 2.65. The van der Waals surface area contributed by atoms with Crippen molar-refractivity contribution in [1.29, 1.82) is 5.41 Å². The molecule has 0 aliphatic rings. The summed E-state index contributed by atoms with van der Waals surface area (Å²) in [7, 11) is 0. The van der Waals surface area contributed by atoms with E-state index in [0.717, 1.165) is 0 Å². The number of rotatable bonds is 0. The average molecular weight is 178 g/mol. The van der Waals surface area contributed by atoms with Crippen molar-refractivity contribution < 1.29 is 0 Å². The maximum atomic E-state index is 6.06. The minimum atomic E-state index is -0.333. The number of guanidine groups is 1. The predicted molar refractivity (Wildman–Crippen MR) is 21.9 cm³/mol. The number of hydrogen-bond donors (Lipinski definition) is 3. The Labute approximate surface area is 47.2 Å². The molecule has 0 spiro atoms. The fourth-order valence-electron chi connectivity index (χ4n) is 0. The third-order valence-electron chi connectivity index (χ3n) is 0. The van der Waals surface area contributed by atoms with Gasteiger partial charge in [-0.05, 0) is 0 Å². The van der Waals surface area contributed by atoms with E-state index in [2.05, 4.69) is 11.5 Å². The first-order chi connectivity index (χ1) is 1.73. The Balaban J connectivity index is 0. The third-order valence-corrected chi connectivity index (χ3v) is 0. The number of nitrogens with one attached hydrogen (secondary N) is 1. The first-order valence-electron chi connectivity index (χ1n) is 0.827. The molecular weight excluding hydrogens is 173 g/mol. The van der Waals surface area contributed by atoms with Crippen LogP contribution < -0.4 is 11.5 Å². The molecule has 5 N–H and O–H groups in total. The van der Waals surface area contributed by atoms with Gasteiger partial charge in [0.05, 0.1) is 0 Å². The molecule has 0 aliphatic carbocycles. The summed E-state index contributed by atoms with van der Waals surface area (Å²) in [4.78, 5) is 0. The van der Waals surface area contributed by atoms with Gasteiger partial charge in [-0.1, -0.05) is 0 Å². The fraction of sp³-hybridized carbons (Fsp3) is 0. The van der Waals surface area contributed by atoms with Crippen molar-refractivity contribution in [3.8, 4) is 0 Å². The van der Waals surface area contributed by atoms with E-state index in [9.17, 15) is 0 Å². The summed E-state index contributed by atoms with van der Waals surface area (Å²) in [5, 5.41) is 6.06. The molecule has 4 heteroatoms. The summed E-state index contributed by atoms with van der Waals surface area (Å²) in [6, 6.07) is 0. The number of hydrogen-bond acceptors (Lipinski definition) is 1. The molecular formula is CH5N3Sn. The van der Waals surface area contributed by atoms with Gasteiger partial charge in [-0.2, -0.15) is 0 Å². The average Bonchev–Trinajstić information content (AvgIpc) is 0.811. The van der Waals surface area contributed by atoms with E-state index in [-0.39, 0.29) is 29.9 Å². The van der Waals surface area contributed by atoms with Gasteiger partial charge in [-0.15, -0.1) is 0 Å². The summed E-state index contributed by atoms with van der Waals surface area (Å²) >= 11 is 0. The van der Waals surface area contributed by atoms with Gasteiger partial charge >= 0.3 is 0 Å². The van der Waals surface area contributed by atoms with Crippen LogP contribution in [0.4, 0.5) is 0 Å². The van der Waals surface area contributed by atoms with Crippen LogP contribution in [-0.4, -0.2) is 29.9 Å². The Kier molecular flexibility index (Phi) is 7.25. The van der Waals surface area contributed by atoms with Crippen LogP contribution in [0.2, 0.25) is 0 Å². The van der Waals surface area contributed by atoms with E-state index in [1.54, 1.807) is 0 Å². The van der Waals surface area contributed by atoms with E-state index in [1.807, 2.05) is 0 Å². The maximum absolute atomic E-state index is 6.06. The van der Waals surface area contributed by atoms with E-state index < -0.39 is 0 Å². The predicted octanol–water partition coefficient (Wildman–Crippen LogP) is -1.54. The van der Waals surface area contributed by atoms with Crippen LogP contribution >= 0.6 is 0 Å². The first kappa shape index (κ1) is 8.91. The molecule has 0 bridgehead atoms. The second kappa shape index (κ2) is 4.07. The zero-order valence-corrected chi connectivity index (χ0v) is 5.51. The normalized spacial score (nSPS) is 4.80. The molecule has 0 saturated heterocycles. The van der Waals surface area contributed by atoms with Crippen molar-refractivity contribution in [3.63, 3.8) is 0 Å². The molecule has 0 saturated carbocycles. The van der Waals surface area contributed by atoms with Gasteiger partial charge < -0.3 is 11.5 Å². The van der Waals surface area contributed by atoms with Crippen molar-refractivity contribution in [2.75, 3.05) is 0 Å². The minimum Gasteiger partial charge on any atom is -0.370 e. The quantitative estimate of drug-likeness (QED) is 0.238. The molecule has 0 rings (SSSR count). The van der Waals surface area contributed by atoms with Crippen LogP contribution in [0.15, 0.2) is 0 Å². The Bertz CT molecular complexity index is 29.9. The summed E-state index contributed by atoms with van der Waals surface area (Å²) in [6.45, 7) is 0. The Hall–Kier alpha value is 0.0687. The Morgan fingerprint density at radius 2 is 1.40 bits per heavy atom. The molecule has 4 radical (unpaired) electrons. The van der Waals surface area contributed by atoms with E-state index in [0.29, 0.717) is 0 Å². The zero-order chi connectivity index (χ0) is 3.58. The minimum absolute atomic E-state index is 0. The van der Waals surface area contributed by atoms with Gasteiger partial charge in [0.25, 0.3) is 0 Å². The monoisotopic (exact) mass is 179 g/mol. The summed E-state index contributed by atoms with van der Waals surface area (Å²) < 4.78 is 0. The Morgan fingerprint density at radius 3 is 1.40 bits per heavy atom. The topological polar surface area (TPSA) is 75.9 Å². The second-order valence-corrected chi connectivity index (χ2v) is 0.455. The molecule has 0 aliphatic heterocycles. The molecule has 5 heavy (non-hydrogen) atoms. The van der Waals surface area contributed by atoms with Crippen molar-refractivity contribution in [2.45, 2.75) is 0 Å². The molecule has 0 aromatic heterocycles. The molecule has 0 amide bonds. The van der Waals surface area contributed by atoms with Crippen LogP contribution in [0.3, 0.4) is 0 Å². The molecule has 0 fully saturated rings. The van der Waals surface area contributed by atoms with Crippen molar-refractivity contribution in [3.05, 3.63) is 0 Å². The van der Waals surface area contributed by atoms with Gasteiger partial charge in [0.1, 0.15) is 0 Å². The second-order valence-electron chi connectivity index (χ2n) is 0.455. The van der Waals surface area contributed by atoms with E-state index >= 15 is 0 Å². The summed E-state index contributed by atoms with van der Waals surface area (Å²) in [6.07, 6.45) is 0. The number of nitrogens with two attached hydrogens (primary N) is 2. The van der Waals surface area contributed by atoms with Crippen LogP contribution in [0.25, 0.3) is 0 Å². The third kappa shape index (κ3) is 3690. The van der Waals surface area contributed by atoms with Gasteiger partial charge in [0.15, 0.2) is 5.96 Å². The molecule has 0 atom stereocenters. The smallest absolute Gasteiger partial charge is 0.183 e. The molecule has 0 aromatic carbocycles. The van der Waals surface area contributed by atoms with Gasteiger partial charge in [0.2, 0.25) is 0 Å². The standard InChI is InChI=1S/CH5N3.Sn/c2-1(3)4;/h(H5,2,3,4);. The van der Waals surface area contributed by atoms with Crippen LogP contribution in [0.5, 0.6) is 0 Å². The van der Waals surface area contributed by atoms with Gasteiger partial charge in [0, 0.05) is 23.9 Å².